The van der Waals surface area contributed by atoms with Gasteiger partial charge in [-0.15, -0.1) is 0 Å². The highest BCUT2D eigenvalue weighted by molar-refractivity contribution is 5.20. The van der Waals surface area contributed by atoms with Crippen LogP contribution in [0.3, 0.4) is 0 Å². The van der Waals surface area contributed by atoms with E-state index in [2.05, 4.69) is 0 Å². The molecule has 0 rings (SSSR count). The summed E-state index contributed by atoms with van der Waals surface area (Å²) in [5, 5.41) is 0. The molecule has 0 atom stereocenters. The molecule has 0 aromatic rings. The van der Waals surface area contributed by atoms with Crippen molar-refractivity contribution < 1.29 is 30.7 Å². The summed E-state index contributed by atoms with van der Waals surface area (Å²) < 4.78 is 78.0. The Hall–Kier alpha value is -0.750. The first-order valence-electron chi connectivity index (χ1n) is 2.07. The molecule has 0 N–H and O–H groups in total. The fraction of sp³-hybridized carbons (Fsp3) is 0.250. The van der Waals surface area contributed by atoms with Crippen molar-refractivity contribution in [3.63, 3.8) is 0 Å². The molecule has 0 aliphatic heterocycles. The zero-order valence-electron chi connectivity index (χ0n) is 4.65. The van der Waals surface area contributed by atoms with Crippen LogP contribution in [0.15, 0.2) is 11.7 Å². The lowest BCUT2D eigenvalue weighted by molar-refractivity contribution is -0.102. The van der Waals surface area contributed by atoms with E-state index in [4.69, 9.17) is 0 Å². The van der Waals surface area contributed by atoms with E-state index in [1.165, 1.54) is 0 Å². The van der Waals surface area contributed by atoms with Gasteiger partial charge in [0.25, 0.3) is 6.08 Å². The lowest BCUT2D eigenvalue weighted by Gasteiger charge is -2.06. The second kappa shape index (κ2) is 3.10. The molecule has 0 spiro atoms. The fourth-order valence-corrected chi connectivity index (χ4v) is 0.286. The molecule has 0 heterocycles. The molecular weight excluding hydrogens is 181 g/mol. The average molecular weight is 181 g/mol. The third kappa shape index (κ3) is 2.77. The number of hydrogen-bond donors (Lipinski definition) is 0. The minimum atomic E-state index is -5.70. The largest absolute Gasteiger partial charge is 0.423 e. The number of allylic oxidation sites excluding steroid dienone is 1. The minimum absolute atomic E-state index is 3.16. The molecule has 1 radical (unpaired) electrons. The Bertz CT molecular complexity index is 160. The van der Waals surface area contributed by atoms with E-state index >= 15 is 0 Å². The summed E-state index contributed by atoms with van der Waals surface area (Å²) in [5.41, 5.74) is -3.16. The third-order valence-electron chi connectivity index (χ3n) is 0.661. The van der Waals surface area contributed by atoms with Crippen LogP contribution in [0.2, 0.25) is 0 Å². The highest BCUT2D eigenvalue weighted by atomic mass is 19.4. The zero-order valence-corrected chi connectivity index (χ0v) is 4.65. The van der Waals surface area contributed by atoms with E-state index in [-0.39, 0.29) is 0 Å². The highest BCUT2D eigenvalue weighted by Crippen LogP contribution is 2.37. The van der Waals surface area contributed by atoms with Gasteiger partial charge in [-0.3, -0.25) is 0 Å². The van der Waals surface area contributed by atoms with E-state index in [1.54, 1.807) is 0 Å². The van der Waals surface area contributed by atoms with Crippen LogP contribution in [0.25, 0.3) is 0 Å². The molecule has 65 valence electrons. The zero-order chi connectivity index (χ0) is 9.23. The predicted octanol–water partition coefficient (Wildman–Crippen LogP) is 3.13. The van der Waals surface area contributed by atoms with Crippen molar-refractivity contribution in [2.45, 2.75) is 6.18 Å². The molecule has 0 saturated carbocycles. The number of halogens is 7. The maximum absolute atomic E-state index is 11.2. The second-order valence-corrected chi connectivity index (χ2v) is 1.39. The van der Waals surface area contributed by atoms with Gasteiger partial charge in [0.2, 0.25) is 0 Å². The van der Waals surface area contributed by atoms with Crippen LogP contribution in [0, 0.1) is 6.43 Å². The Morgan fingerprint density at radius 2 is 1.18 bits per heavy atom. The van der Waals surface area contributed by atoms with E-state index in [0.29, 0.717) is 0 Å². The van der Waals surface area contributed by atoms with Crippen molar-refractivity contribution in [1.82, 2.24) is 0 Å². The fourth-order valence-electron chi connectivity index (χ4n) is 0.286. The quantitative estimate of drug-likeness (QED) is 0.545. The van der Waals surface area contributed by atoms with Crippen molar-refractivity contribution in [1.29, 1.82) is 0 Å². The molecule has 7 heteroatoms. The maximum atomic E-state index is 11.2. The van der Waals surface area contributed by atoms with Gasteiger partial charge in [0.05, 0.1) is 0 Å². The van der Waals surface area contributed by atoms with Crippen molar-refractivity contribution >= 4 is 0 Å². The Labute approximate surface area is 56.3 Å². The van der Waals surface area contributed by atoms with Gasteiger partial charge in [0, 0.05) is 0 Å². The van der Waals surface area contributed by atoms with Crippen molar-refractivity contribution in [2.75, 3.05) is 0 Å². The first-order valence-corrected chi connectivity index (χ1v) is 2.07. The smallest absolute Gasteiger partial charge is 0.194 e. The van der Waals surface area contributed by atoms with Gasteiger partial charge in [-0.25, -0.2) is 0 Å². The van der Waals surface area contributed by atoms with E-state index in [9.17, 15) is 30.7 Å². The lowest BCUT2D eigenvalue weighted by Crippen LogP contribution is -2.15. The third-order valence-corrected chi connectivity index (χ3v) is 0.661. The molecule has 0 saturated heterocycles. The molecule has 0 amide bonds. The van der Waals surface area contributed by atoms with Crippen LogP contribution in [0.4, 0.5) is 30.7 Å². The van der Waals surface area contributed by atoms with Gasteiger partial charge < -0.3 is 0 Å². The summed E-state index contributed by atoms with van der Waals surface area (Å²) in [7, 11) is 0. The SMILES string of the molecule is F[C](F)C(=C(F)F)C(F)(F)F. The standard InChI is InChI=1S/C4F7/c5-2(6)1(3(7)8)4(9,10)11. The molecule has 0 fully saturated rings. The monoisotopic (exact) mass is 181 g/mol. The number of rotatable bonds is 1. The number of hydrogen-bond acceptors (Lipinski definition) is 0. The Morgan fingerprint density at radius 3 is 1.18 bits per heavy atom. The van der Waals surface area contributed by atoms with Crippen LogP contribution in [-0.2, 0) is 0 Å². The molecule has 0 aliphatic rings. The van der Waals surface area contributed by atoms with E-state index < -0.39 is 24.3 Å². The average Bonchev–Trinajstić information content (AvgIpc) is 1.54. The topological polar surface area (TPSA) is 0 Å². The van der Waals surface area contributed by atoms with E-state index in [0.717, 1.165) is 0 Å². The van der Waals surface area contributed by atoms with Gasteiger partial charge in [0.1, 0.15) is 0 Å². The van der Waals surface area contributed by atoms with Crippen LogP contribution in [0.5, 0.6) is 0 Å². The molecule has 0 aromatic carbocycles. The molecule has 0 aromatic heterocycles. The number of alkyl halides is 3. The van der Waals surface area contributed by atoms with Crippen LogP contribution < -0.4 is 0 Å². The molecule has 0 unspecified atom stereocenters. The maximum Gasteiger partial charge on any atom is 0.423 e. The van der Waals surface area contributed by atoms with Crippen LogP contribution in [-0.4, -0.2) is 6.18 Å². The summed E-state index contributed by atoms with van der Waals surface area (Å²) in [6, 6.07) is 0. The minimum Gasteiger partial charge on any atom is -0.194 e. The first-order chi connectivity index (χ1) is 4.76. The summed E-state index contributed by atoms with van der Waals surface area (Å²) in [6.07, 6.45) is -12.6. The Balaban J connectivity index is 4.80. The molecule has 0 nitrogen and oxygen atoms in total. The molecule has 11 heavy (non-hydrogen) atoms. The van der Waals surface area contributed by atoms with Crippen molar-refractivity contribution in [2.24, 2.45) is 0 Å². The molecule has 0 aliphatic carbocycles. The van der Waals surface area contributed by atoms with E-state index in [1.807, 2.05) is 0 Å². The van der Waals surface area contributed by atoms with Crippen molar-refractivity contribution in [3.05, 3.63) is 18.1 Å². The van der Waals surface area contributed by atoms with Gasteiger partial charge >= 0.3 is 12.6 Å². The summed E-state index contributed by atoms with van der Waals surface area (Å²) in [4.78, 5) is 0. The lowest BCUT2D eigenvalue weighted by atomic mass is 10.3. The Kier molecular flexibility index (Phi) is 2.89. The molecular formula is C4F7. The highest BCUT2D eigenvalue weighted by Gasteiger charge is 2.44. The van der Waals surface area contributed by atoms with Crippen LogP contribution in [0.1, 0.15) is 0 Å². The van der Waals surface area contributed by atoms with Gasteiger partial charge in [-0.1, -0.05) is 0 Å². The second-order valence-electron chi connectivity index (χ2n) is 1.39. The van der Waals surface area contributed by atoms with Gasteiger partial charge in [0.15, 0.2) is 5.57 Å². The summed E-state index contributed by atoms with van der Waals surface area (Å²) in [5.74, 6) is 0. The summed E-state index contributed by atoms with van der Waals surface area (Å²) >= 11 is 0. The normalized spacial score (nSPS) is 12.0. The molecule has 0 bridgehead atoms. The van der Waals surface area contributed by atoms with Crippen molar-refractivity contribution in [3.8, 4) is 0 Å². The first kappa shape index (κ1) is 10.2. The Morgan fingerprint density at radius 1 is 0.818 bits per heavy atom. The van der Waals surface area contributed by atoms with Crippen LogP contribution >= 0.6 is 0 Å². The summed E-state index contributed by atoms with van der Waals surface area (Å²) in [6.45, 7) is 0. The predicted molar refractivity (Wildman–Crippen MR) is 20.8 cm³/mol. The van der Waals surface area contributed by atoms with Gasteiger partial charge in [-0.2, -0.15) is 30.7 Å². The van der Waals surface area contributed by atoms with Gasteiger partial charge in [-0.05, 0) is 0 Å².